The van der Waals surface area contributed by atoms with Gasteiger partial charge in [-0.1, -0.05) is 30.4 Å². The molecule has 19 heavy (non-hydrogen) atoms. The minimum absolute atomic E-state index is 0.0951. The molecule has 0 aliphatic heterocycles. The minimum Gasteiger partial charge on any atom is -0.396 e. The highest BCUT2D eigenvalue weighted by atomic mass is 32.7. The van der Waals surface area contributed by atoms with Crippen molar-refractivity contribution in [2.45, 2.75) is 20.3 Å². The van der Waals surface area contributed by atoms with Crippen molar-refractivity contribution in [3.8, 4) is 0 Å². The molecule has 0 fully saturated rings. The summed E-state index contributed by atoms with van der Waals surface area (Å²) in [4.78, 5) is 15.7. The molecule has 0 aromatic rings. The van der Waals surface area contributed by atoms with E-state index < -0.39 is 13.2 Å². The van der Waals surface area contributed by atoms with Crippen LogP contribution in [0.5, 0.6) is 0 Å². The second-order valence-electron chi connectivity index (χ2n) is 3.44. The lowest BCUT2D eigenvalue weighted by molar-refractivity contribution is 0.180. The number of ether oxygens (including phenoxy) is 1. The van der Waals surface area contributed by atoms with E-state index in [1.165, 1.54) is 25.5 Å². The maximum Gasteiger partial charge on any atom is 0.413 e. The molecule has 1 unspecified atom stereocenters. The largest absolute Gasteiger partial charge is 0.413 e. The van der Waals surface area contributed by atoms with E-state index in [2.05, 4.69) is 15.3 Å². The Labute approximate surface area is 118 Å². The van der Waals surface area contributed by atoms with Crippen LogP contribution >= 0.6 is 18.5 Å². The number of amides is 1. The van der Waals surface area contributed by atoms with Crippen LogP contribution in [0.2, 0.25) is 0 Å². The molecule has 0 spiro atoms. The predicted octanol–water partition coefficient (Wildman–Crippen LogP) is 2.16. The van der Waals surface area contributed by atoms with E-state index in [1.807, 2.05) is 18.5 Å². The summed E-state index contributed by atoms with van der Waals surface area (Å²) in [6.45, 7) is 5.51. The van der Waals surface area contributed by atoms with Crippen molar-refractivity contribution in [3.63, 3.8) is 0 Å². The number of nitrogens with one attached hydrogen (secondary N) is 1. The fourth-order valence-electron chi connectivity index (χ4n) is 1.20. The van der Waals surface area contributed by atoms with Crippen molar-refractivity contribution in [2.75, 3.05) is 33.0 Å². The molecular weight excluding hydrogens is 289 g/mol. The fourth-order valence-corrected chi connectivity index (χ4v) is 4.35. The molecule has 1 N–H and O–H groups in total. The SMILES string of the molecule is CCCN(CC)[PH](=O)SCC(=NOC)OC(=O)NC. The first-order valence-corrected chi connectivity index (χ1v) is 9.06. The average Bonchev–Trinajstić information content (AvgIpc) is 2.41. The summed E-state index contributed by atoms with van der Waals surface area (Å²) in [6, 6.07) is 0. The van der Waals surface area contributed by atoms with E-state index in [1.54, 1.807) is 0 Å². The second kappa shape index (κ2) is 11.1. The van der Waals surface area contributed by atoms with Crippen LogP contribution in [0.3, 0.4) is 0 Å². The quantitative estimate of drug-likeness (QED) is 0.320. The molecule has 0 aromatic carbocycles. The normalized spacial score (nSPS) is 13.2. The topological polar surface area (TPSA) is 80.2 Å². The summed E-state index contributed by atoms with van der Waals surface area (Å²) in [5.74, 6) is 0.317. The van der Waals surface area contributed by atoms with E-state index in [0.29, 0.717) is 0 Å². The van der Waals surface area contributed by atoms with E-state index in [0.717, 1.165) is 19.5 Å². The van der Waals surface area contributed by atoms with Crippen molar-refractivity contribution < 1.29 is 18.9 Å². The van der Waals surface area contributed by atoms with Crippen LogP contribution in [0.4, 0.5) is 4.79 Å². The molecule has 112 valence electrons. The summed E-state index contributed by atoms with van der Waals surface area (Å²) in [5, 5.41) is 5.90. The monoisotopic (exact) mass is 311 g/mol. The van der Waals surface area contributed by atoms with Crippen LogP contribution < -0.4 is 5.32 Å². The smallest absolute Gasteiger partial charge is 0.396 e. The minimum atomic E-state index is -1.94. The third-order valence-electron chi connectivity index (χ3n) is 2.06. The zero-order valence-corrected chi connectivity index (χ0v) is 13.6. The molecule has 0 aliphatic carbocycles. The number of alkyl carbamates (subject to hydrolysis) is 1. The van der Waals surface area contributed by atoms with E-state index >= 15 is 0 Å². The van der Waals surface area contributed by atoms with Crippen molar-refractivity contribution in [3.05, 3.63) is 0 Å². The predicted molar refractivity (Wildman–Crippen MR) is 79.0 cm³/mol. The lowest BCUT2D eigenvalue weighted by Crippen LogP contribution is -2.24. The third kappa shape index (κ3) is 8.13. The van der Waals surface area contributed by atoms with E-state index in [9.17, 15) is 9.36 Å². The van der Waals surface area contributed by atoms with Crippen molar-refractivity contribution >= 4 is 30.5 Å². The van der Waals surface area contributed by atoms with Gasteiger partial charge in [-0.3, -0.25) is 4.57 Å². The number of oxime groups is 1. The molecule has 0 rings (SSSR count). The van der Waals surface area contributed by atoms with Crippen molar-refractivity contribution in [1.29, 1.82) is 0 Å². The van der Waals surface area contributed by atoms with Gasteiger partial charge < -0.3 is 14.9 Å². The molecule has 0 heterocycles. The van der Waals surface area contributed by atoms with Crippen molar-refractivity contribution in [2.24, 2.45) is 5.16 Å². The third-order valence-corrected chi connectivity index (χ3v) is 5.70. The second-order valence-corrected chi connectivity index (χ2v) is 7.10. The van der Waals surface area contributed by atoms with Gasteiger partial charge in [-0.15, -0.1) is 0 Å². The average molecular weight is 311 g/mol. The first-order valence-electron chi connectivity index (χ1n) is 6.00. The molecule has 0 aliphatic rings. The molecule has 0 aromatic heterocycles. The van der Waals surface area contributed by atoms with Crippen LogP contribution in [-0.4, -0.2) is 49.7 Å². The molecular formula is C10H22N3O4PS. The van der Waals surface area contributed by atoms with Gasteiger partial charge in [-0.2, -0.15) is 0 Å². The fraction of sp³-hybridized carbons (Fsp3) is 0.800. The van der Waals surface area contributed by atoms with Gasteiger partial charge in [-0.25, -0.2) is 9.46 Å². The van der Waals surface area contributed by atoms with Gasteiger partial charge in [0.05, 0.1) is 5.75 Å². The van der Waals surface area contributed by atoms with E-state index in [4.69, 9.17) is 4.74 Å². The van der Waals surface area contributed by atoms with Crippen LogP contribution in [0.15, 0.2) is 5.16 Å². The molecule has 1 amide bonds. The Morgan fingerprint density at radius 2 is 2.16 bits per heavy atom. The molecule has 0 saturated carbocycles. The van der Waals surface area contributed by atoms with Gasteiger partial charge in [0.2, 0.25) is 5.90 Å². The van der Waals surface area contributed by atoms with Gasteiger partial charge in [0.1, 0.15) is 7.11 Å². The Morgan fingerprint density at radius 1 is 1.47 bits per heavy atom. The van der Waals surface area contributed by atoms with Crippen LogP contribution in [0.1, 0.15) is 20.3 Å². The highest BCUT2D eigenvalue weighted by Gasteiger charge is 2.14. The Bertz CT molecular complexity index is 328. The highest BCUT2D eigenvalue weighted by molar-refractivity contribution is 8.51. The number of hydrogen-bond acceptors (Lipinski definition) is 6. The number of hydrogen-bond donors (Lipinski definition) is 1. The van der Waals surface area contributed by atoms with Gasteiger partial charge in [-0.05, 0) is 6.42 Å². The van der Waals surface area contributed by atoms with Crippen LogP contribution in [0, 0.1) is 0 Å². The number of carbonyl (C=O) groups excluding carboxylic acids is 1. The zero-order chi connectivity index (χ0) is 14.7. The summed E-state index contributed by atoms with van der Waals surface area (Å²) in [6.07, 6.45) is 0.315. The summed E-state index contributed by atoms with van der Waals surface area (Å²) in [5.41, 5.74) is 0. The van der Waals surface area contributed by atoms with Crippen LogP contribution in [0.25, 0.3) is 0 Å². The maximum atomic E-state index is 12.1. The lowest BCUT2D eigenvalue weighted by atomic mass is 10.5. The number of rotatable bonds is 8. The molecule has 1 atom stereocenters. The summed E-state index contributed by atoms with van der Waals surface area (Å²) in [7, 11) is 0.860. The Kier molecular flexibility index (Phi) is 10.7. The Balaban J connectivity index is 4.35. The first-order chi connectivity index (χ1) is 9.08. The maximum absolute atomic E-state index is 12.1. The highest BCUT2D eigenvalue weighted by Crippen LogP contribution is 2.41. The van der Waals surface area contributed by atoms with Crippen molar-refractivity contribution in [1.82, 2.24) is 9.99 Å². The Hall–Kier alpha value is -0.720. The first kappa shape index (κ1) is 18.3. The zero-order valence-electron chi connectivity index (χ0n) is 11.8. The number of carbonyl (C=O) groups is 1. The summed E-state index contributed by atoms with van der Waals surface area (Å²) >= 11 is 1.21. The Morgan fingerprint density at radius 3 is 2.63 bits per heavy atom. The molecule has 0 radical (unpaired) electrons. The van der Waals surface area contributed by atoms with Gasteiger partial charge in [0, 0.05) is 20.1 Å². The molecule has 0 saturated heterocycles. The summed E-state index contributed by atoms with van der Waals surface area (Å²) < 4.78 is 18.8. The van der Waals surface area contributed by atoms with E-state index in [-0.39, 0.29) is 11.7 Å². The van der Waals surface area contributed by atoms with Gasteiger partial charge >= 0.3 is 6.09 Å². The molecule has 7 nitrogen and oxygen atoms in total. The molecule has 0 bridgehead atoms. The van der Waals surface area contributed by atoms with Gasteiger partial charge in [0.25, 0.3) is 0 Å². The van der Waals surface area contributed by atoms with Crippen LogP contribution in [-0.2, 0) is 14.1 Å². The standard InChI is InChI=1S/C10H22N3O4PS/c1-5-7-13(6-2)18(15)19-8-9(12-16-4)17-10(14)11-3/h18H,5-8H2,1-4H3,(H,11,14). The number of nitrogens with zero attached hydrogens (tertiary/aromatic N) is 2. The van der Waals surface area contributed by atoms with Gasteiger partial charge in [0.15, 0.2) is 7.15 Å². The lowest BCUT2D eigenvalue weighted by Gasteiger charge is -2.18. The molecule has 9 heteroatoms.